The maximum atomic E-state index is 13.6. The van der Waals surface area contributed by atoms with Crippen LogP contribution in [0.4, 0.5) is 10.1 Å². The summed E-state index contributed by atoms with van der Waals surface area (Å²) in [6, 6.07) is 6.08. The van der Waals surface area contributed by atoms with Gasteiger partial charge in [0.15, 0.2) is 0 Å². The lowest BCUT2D eigenvalue weighted by Crippen LogP contribution is -2.47. The van der Waals surface area contributed by atoms with E-state index in [0.29, 0.717) is 6.04 Å². The monoisotopic (exact) mass is 206 g/mol. The minimum absolute atomic E-state index is 0.0597. The molecule has 0 radical (unpaired) electrons. The van der Waals surface area contributed by atoms with Crippen molar-refractivity contribution < 1.29 is 4.39 Å². The van der Waals surface area contributed by atoms with Gasteiger partial charge in [-0.15, -0.1) is 0 Å². The first-order chi connectivity index (χ1) is 7.25. The first-order valence-corrected chi connectivity index (χ1v) is 5.55. The standard InChI is InChI=1S/C12H15FN2/c13-11-2-1-3-12-10(11)6-9-5-4-8(14)7-15(9)12/h1-3,8-9H,4-7,14H2. The molecule has 0 aliphatic carbocycles. The number of benzene rings is 1. The minimum Gasteiger partial charge on any atom is -0.366 e. The SMILES string of the molecule is NC1CCC2Cc3c(F)cccc3N2C1. The van der Waals surface area contributed by atoms with E-state index in [1.54, 1.807) is 12.1 Å². The molecule has 1 aromatic rings. The van der Waals surface area contributed by atoms with Crippen molar-refractivity contribution in [3.05, 3.63) is 29.6 Å². The van der Waals surface area contributed by atoms with Crippen LogP contribution in [0.15, 0.2) is 18.2 Å². The molecule has 15 heavy (non-hydrogen) atoms. The third-order valence-corrected chi connectivity index (χ3v) is 3.59. The smallest absolute Gasteiger partial charge is 0.128 e. The maximum absolute atomic E-state index is 13.6. The quantitative estimate of drug-likeness (QED) is 0.699. The van der Waals surface area contributed by atoms with Crippen molar-refractivity contribution in [3.63, 3.8) is 0 Å². The van der Waals surface area contributed by atoms with E-state index in [0.717, 1.165) is 37.1 Å². The molecule has 2 nitrogen and oxygen atoms in total. The van der Waals surface area contributed by atoms with Crippen LogP contribution in [0.2, 0.25) is 0 Å². The topological polar surface area (TPSA) is 29.3 Å². The molecule has 0 saturated carbocycles. The Morgan fingerprint density at radius 3 is 3.07 bits per heavy atom. The molecule has 2 unspecified atom stereocenters. The van der Waals surface area contributed by atoms with Crippen LogP contribution in [-0.2, 0) is 6.42 Å². The molecule has 1 aromatic carbocycles. The van der Waals surface area contributed by atoms with Gasteiger partial charge in [0, 0.05) is 29.9 Å². The van der Waals surface area contributed by atoms with Crippen molar-refractivity contribution in [1.82, 2.24) is 0 Å². The van der Waals surface area contributed by atoms with Crippen LogP contribution >= 0.6 is 0 Å². The highest BCUT2D eigenvalue weighted by Gasteiger charge is 2.34. The van der Waals surface area contributed by atoms with Crippen molar-refractivity contribution in [2.45, 2.75) is 31.3 Å². The fourth-order valence-corrected chi connectivity index (χ4v) is 2.82. The van der Waals surface area contributed by atoms with E-state index in [9.17, 15) is 4.39 Å². The predicted molar refractivity (Wildman–Crippen MR) is 58.4 cm³/mol. The van der Waals surface area contributed by atoms with Crippen molar-refractivity contribution >= 4 is 5.69 Å². The average molecular weight is 206 g/mol. The molecule has 3 heteroatoms. The summed E-state index contributed by atoms with van der Waals surface area (Å²) in [5.41, 5.74) is 7.90. The fraction of sp³-hybridized carbons (Fsp3) is 0.500. The minimum atomic E-state index is -0.0597. The molecule has 1 fully saturated rings. The Hall–Kier alpha value is -1.09. The van der Waals surface area contributed by atoms with Gasteiger partial charge in [0.2, 0.25) is 0 Å². The van der Waals surface area contributed by atoms with Crippen LogP contribution in [0.25, 0.3) is 0 Å². The van der Waals surface area contributed by atoms with E-state index in [-0.39, 0.29) is 11.9 Å². The van der Waals surface area contributed by atoms with Gasteiger partial charge in [0.05, 0.1) is 0 Å². The zero-order valence-corrected chi connectivity index (χ0v) is 8.62. The summed E-state index contributed by atoms with van der Waals surface area (Å²) in [7, 11) is 0. The Bertz CT molecular complexity index is 391. The highest BCUT2D eigenvalue weighted by Crippen LogP contribution is 2.37. The molecule has 0 spiro atoms. The molecule has 2 heterocycles. The second-order valence-corrected chi connectivity index (χ2v) is 4.59. The van der Waals surface area contributed by atoms with E-state index in [4.69, 9.17) is 5.73 Å². The van der Waals surface area contributed by atoms with E-state index < -0.39 is 0 Å². The van der Waals surface area contributed by atoms with Gasteiger partial charge < -0.3 is 10.6 Å². The molecular weight excluding hydrogens is 191 g/mol. The summed E-state index contributed by atoms with van der Waals surface area (Å²) >= 11 is 0. The fourth-order valence-electron chi connectivity index (χ4n) is 2.82. The van der Waals surface area contributed by atoms with Crippen molar-refractivity contribution in [3.8, 4) is 0 Å². The van der Waals surface area contributed by atoms with Gasteiger partial charge in [0.1, 0.15) is 5.82 Å². The summed E-state index contributed by atoms with van der Waals surface area (Å²) < 4.78 is 13.6. The summed E-state index contributed by atoms with van der Waals surface area (Å²) in [5.74, 6) is -0.0597. The average Bonchev–Trinajstić information content (AvgIpc) is 2.58. The lowest BCUT2D eigenvalue weighted by atomic mass is 9.98. The number of nitrogens with two attached hydrogens (primary N) is 1. The highest BCUT2D eigenvalue weighted by molar-refractivity contribution is 5.60. The Balaban J connectivity index is 2.01. The number of anilines is 1. The molecule has 2 aliphatic rings. The molecule has 2 aliphatic heterocycles. The molecular formula is C12H15FN2. The van der Waals surface area contributed by atoms with Crippen LogP contribution < -0.4 is 10.6 Å². The molecule has 2 N–H and O–H groups in total. The van der Waals surface area contributed by atoms with E-state index >= 15 is 0 Å². The lowest BCUT2D eigenvalue weighted by Gasteiger charge is -2.35. The Labute approximate surface area is 88.9 Å². The van der Waals surface area contributed by atoms with Gasteiger partial charge in [-0.3, -0.25) is 0 Å². The molecule has 2 atom stereocenters. The zero-order chi connectivity index (χ0) is 10.4. The van der Waals surface area contributed by atoms with Gasteiger partial charge in [-0.25, -0.2) is 4.39 Å². The number of hydrogen-bond acceptors (Lipinski definition) is 2. The molecule has 0 aromatic heterocycles. The molecule has 80 valence electrons. The summed E-state index contributed by atoms with van der Waals surface area (Å²) in [6.45, 7) is 0.876. The molecule has 0 amide bonds. The third-order valence-electron chi connectivity index (χ3n) is 3.59. The largest absolute Gasteiger partial charge is 0.366 e. The molecule has 0 bridgehead atoms. The van der Waals surface area contributed by atoms with Gasteiger partial charge in [-0.2, -0.15) is 0 Å². The van der Waals surface area contributed by atoms with Crippen molar-refractivity contribution in [2.75, 3.05) is 11.4 Å². The normalized spacial score (nSPS) is 28.8. The predicted octanol–water partition coefficient (Wildman–Crippen LogP) is 1.68. The van der Waals surface area contributed by atoms with Crippen molar-refractivity contribution in [2.24, 2.45) is 5.73 Å². The number of nitrogens with zero attached hydrogens (tertiary/aromatic N) is 1. The third kappa shape index (κ3) is 1.34. The molecule has 1 saturated heterocycles. The van der Waals surface area contributed by atoms with Crippen molar-refractivity contribution in [1.29, 1.82) is 0 Å². The van der Waals surface area contributed by atoms with Crippen LogP contribution in [0.5, 0.6) is 0 Å². The number of fused-ring (bicyclic) bond motifs is 3. The summed E-state index contributed by atoms with van der Waals surface area (Å²) in [6.07, 6.45) is 3.01. The van der Waals surface area contributed by atoms with E-state index in [2.05, 4.69) is 4.90 Å². The maximum Gasteiger partial charge on any atom is 0.128 e. The second-order valence-electron chi connectivity index (χ2n) is 4.59. The van der Waals surface area contributed by atoms with Crippen LogP contribution in [0.3, 0.4) is 0 Å². The second kappa shape index (κ2) is 3.20. The number of hydrogen-bond donors (Lipinski definition) is 1. The van der Waals surface area contributed by atoms with Gasteiger partial charge >= 0.3 is 0 Å². The Morgan fingerprint density at radius 1 is 1.33 bits per heavy atom. The van der Waals surface area contributed by atoms with Crippen LogP contribution in [-0.4, -0.2) is 18.6 Å². The summed E-state index contributed by atoms with van der Waals surface area (Å²) in [5, 5.41) is 0. The van der Waals surface area contributed by atoms with Crippen LogP contribution in [0, 0.1) is 5.82 Å². The summed E-state index contributed by atoms with van der Waals surface area (Å²) in [4.78, 5) is 2.28. The van der Waals surface area contributed by atoms with Gasteiger partial charge in [-0.1, -0.05) is 6.07 Å². The Kier molecular flexibility index (Phi) is 1.96. The lowest BCUT2D eigenvalue weighted by molar-refractivity contribution is 0.431. The first kappa shape index (κ1) is 9.16. The van der Waals surface area contributed by atoms with Gasteiger partial charge in [0.25, 0.3) is 0 Å². The highest BCUT2D eigenvalue weighted by atomic mass is 19.1. The van der Waals surface area contributed by atoms with E-state index in [1.807, 2.05) is 6.07 Å². The first-order valence-electron chi connectivity index (χ1n) is 5.55. The Morgan fingerprint density at radius 2 is 2.20 bits per heavy atom. The van der Waals surface area contributed by atoms with E-state index in [1.165, 1.54) is 0 Å². The number of rotatable bonds is 0. The van der Waals surface area contributed by atoms with Crippen LogP contribution in [0.1, 0.15) is 18.4 Å². The number of piperidine rings is 1. The molecule has 3 rings (SSSR count). The van der Waals surface area contributed by atoms with Gasteiger partial charge in [-0.05, 0) is 31.4 Å². The number of halogens is 1. The zero-order valence-electron chi connectivity index (χ0n) is 8.62.